The molecule has 0 aromatic heterocycles. The Kier molecular flexibility index (Phi) is 4.65. The zero-order valence-corrected chi connectivity index (χ0v) is 14.9. The molecule has 0 unspecified atom stereocenters. The first-order chi connectivity index (χ1) is 11.1. The second-order valence-corrected chi connectivity index (χ2v) is 6.53. The number of ether oxygens (including phenoxy) is 1. The minimum absolute atomic E-state index is 0.0488. The molecule has 4 heteroatoms. The SMILES string of the molecule is C[C@@H]1[C@H](c2ccccc2)OC(=[Se])N1C(=O)[C@H](C)c1ccccc1. The van der Waals surface area contributed by atoms with E-state index in [1.165, 1.54) is 0 Å². The molecule has 1 saturated heterocycles. The van der Waals surface area contributed by atoms with Crippen LogP contribution in [0.5, 0.6) is 0 Å². The van der Waals surface area contributed by atoms with Crippen molar-refractivity contribution in [1.29, 1.82) is 0 Å². The van der Waals surface area contributed by atoms with Gasteiger partial charge in [-0.3, -0.25) is 0 Å². The molecule has 3 rings (SSSR count). The number of hydrogen-bond acceptors (Lipinski definition) is 2. The van der Waals surface area contributed by atoms with Crippen LogP contribution >= 0.6 is 0 Å². The van der Waals surface area contributed by atoms with Crippen molar-refractivity contribution in [2.24, 2.45) is 0 Å². The van der Waals surface area contributed by atoms with E-state index in [0.717, 1.165) is 11.1 Å². The molecule has 118 valence electrons. The van der Waals surface area contributed by atoms with Gasteiger partial charge in [0.2, 0.25) is 0 Å². The number of amides is 1. The average molecular weight is 372 g/mol. The number of rotatable bonds is 3. The van der Waals surface area contributed by atoms with Gasteiger partial charge in [0.05, 0.1) is 0 Å². The van der Waals surface area contributed by atoms with Gasteiger partial charge in [0, 0.05) is 0 Å². The molecule has 23 heavy (non-hydrogen) atoms. The first-order valence-electron chi connectivity index (χ1n) is 7.73. The van der Waals surface area contributed by atoms with Crippen molar-refractivity contribution in [2.45, 2.75) is 31.9 Å². The topological polar surface area (TPSA) is 29.5 Å². The van der Waals surface area contributed by atoms with Crippen molar-refractivity contribution in [3.05, 3.63) is 71.8 Å². The van der Waals surface area contributed by atoms with Crippen molar-refractivity contribution >= 4 is 26.2 Å². The van der Waals surface area contributed by atoms with Crippen molar-refractivity contribution in [3.63, 3.8) is 0 Å². The Labute approximate surface area is 144 Å². The quantitative estimate of drug-likeness (QED) is 0.776. The second-order valence-electron chi connectivity index (χ2n) is 5.80. The summed E-state index contributed by atoms with van der Waals surface area (Å²) in [5.41, 5.74) is 2.09. The minimum atomic E-state index is -0.208. The fourth-order valence-corrected chi connectivity index (χ4v) is 3.69. The standard InChI is InChI=1S/C19H19NO2Se/c1-13(15-9-5-3-6-10-15)18(21)20-14(2)17(22-19(20)23)16-11-7-4-8-12-16/h3-14,17H,1-2H3/t13-,14-,17-/m1/s1. The van der Waals surface area contributed by atoms with Gasteiger partial charge in [-0.2, -0.15) is 0 Å². The van der Waals surface area contributed by atoms with E-state index < -0.39 is 0 Å². The summed E-state index contributed by atoms with van der Waals surface area (Å²) in [7, 11) is 0. The Morgan fingerprint density at radius 2 is 1.65 bits per heavy atom. The third kappa shape index (κ3) is 3.10. The van der Waals surface area contributed by atoms with Crippen LogP contribution in [0.25, 0.3) is 0 Å². The van der Waals surface area contributed by atoms with Gasteiger partial charge >= 0.3 is 144 Å². The molecule has 0 spiro atoms. The molecule has 3 nitrogen and oxygen atoms in total. The molecule has 1 amide bonds. The summed E-state index contributed by atoms with van der Waals surface area (Å²) in [6, 6.07) is 19.8. The Balaban J connectivity index is 1.83. The zero-order chi connectivity index (χ0) is 16.4. The molecule has 2 aromatic rings. The monoisotopic (exact) mass is 373 g/mol. The summed E-state index contributed by atoms with van der Waals surface area (Å²) < 4.78 is 6.50. The van der Waals surface area contributed by atoms with E-state index in [-0.39, 0.29) is 24.0 Å². The molecule has 3 atom stereocenters. The summed E-state index contributed by atoms with van der Waals surface area (Å²) in [4.78, 5) is 14.7. The fraction of sp³-hybridized carbons (Fsp3) is 0.263. The normalized spacial score (nSPS) is 21.8. The Bertz CT molecular complexity index is 702. The van der Waals surface area contributed by atoms with Crippen LogP contribution in [0.4, 0.5) is 0 Å². The Hall–Kier alpha value is -1.90. The first-order valence-corrected chi connectivity index (χ1v) is 8.59. The van der Waals surface area contributed by atoms with Gasteiger partial charge in [0.1, 0.15) is 0 Å². The summed E-state index contributed by atoms with van der Waals surface area (Å²) in [6.07, 6.45) is -0.139. The third-order valence-electron chi connectivity index (χ3n) is 4.31. The summed E-state index contributed by atoms with van der Waals surface area (Å²) in [5, 5.41) is 0. The van der Waals surface area contributed by atoms with E-state index in [1.54, 1.807) is 4.90 Å². The van der Waals surface area contributed by atoms with Crippen LogP contribution in [0.15, 0.2) is 60.7 Å². The molecular weight excluding hydrogens is 353 g/mol. The summed E-state index contributed by atoms with van der Waals surface area (Å²) >= 11 is 2.91. The number of carbonyl (C=O) groups excluding carboxylic acids is 1. The molecule has 1 heterocycles. The molecule has 0 N–H and O–H groups in total. The molecular formula is C19H19NO2Se. The number of carbonyl (C=O) groups is 1. The number of hydrogen-bond donors (Lipinski definition) is 0. The predicted octanol–water partition coefficient (Wildman–Crippen LogP) is 3.03. The second kappa shape index (κ2) is 6.69. The van der Waals surface area contributed by atoms with Gasteiger partial charge in [0.15, 0.2) is 0 Å². The van der Waals surface area contributed by atoms with E-state index in [0.29, 0.717) is 4.73 Å². The van der Waals surface area contributed by atoms with Crippen LogP contribution in [0, 0.1) is 0 Å². The van der Waals surface area contributed by atoms with Gasteiger partial charge in [-0.25, -0.2) is 0 Å². The number of benzene rings is 2. The Morgan fingerprint density at radius 3 is 2.26 bits per heavy atom. The summed E-state index contributed by atoms with van der Waals surface area (Å²) in [5.74, 6) is -0.156. The molecule has 0 bridgehead atoms. The predicted molar refractivity (Wildman–Crippen MR) is 92.2 cm³/mol. The van der Waals surface area contributed by atoms with E-state index in [1.807, 2.05) is 74.5 Å². The van der Waals surface area contributed by atoms with Gasteiger partial charge in [-0.1, -0.05) is 0 Å². The van der Waals surface area contributed by atoms with Crippen LogP contribution in [-0.4, -0.2) is 37.2 Å². The maximum atomic E-state index is 12.9. The van der Waals surface area contributed by atoms with Gasteiger partial charge in [-0.05, 0) is 0 Å². The van der Waals surface area contributed by atoms with Gasteiger partial charge < -0.3 is 0 Å². The molecule has 0 radical (unpaired) electrons. The molecule has 1 aliphatic rings. The van der Waals surface area contributed by atoms with Crippen LogP contribution in [0.1, 0.15) is 37.0 Å². The van der Waals surface area contributed by atoms with E-state index in [9.17, 15) is 4.79 Å². The zero-order valence-electron chi connectivity index (χ0n) is 13.2. The van der Waals surface area contributed by atoms with Gasteiger partial charge in [0.25, 0.3) is 0 Å². The third-order valence-corrected chi connectivity index (χ3v) is 4.92. The van der Waals surface area contributed by atoms with E-state index in [2.05, 4.69) is 15.6 Å². The molecule has 2 aromatic carbocycles. The van der Waals surface area contributed by atoms with Crippen molar-refractivity contribution in [2.75, 3.05) is 0 Å². The maximum absolute atomic E-state index is 12.9. The molecule has 1 fully saturated rings. The summed E-state index contributed by atoms with van der Waals surface area (Å²) in [6.45, 7) is 3.96. The molecule has 1 aliphatic heterocycles. The van der Waals surface area contributed by atoms with Crippen molar-refractivity contribution in [3.8, 4) is 0 Å². The van der Waals surface area contributed by atoms with E-state index >= 15 is 0 Å². The van der Waals surface area contributed by atoms with Crippen LogP contribution in [0.2, 0.25) is 0 Å². The van der Waals surface area contributed by atoms with E-state index in [4.69, 9.17) is 4.74 Å². The molecule has 0 saturated carbocycles. The Morgan fingerprint density at radius 1 is 1.09 bits per heavy atom. The molecule has 0 aliphatic carbocycles. The number of nitrogens with zero attached hydrogens (tertiary/aromatic N) is 1. The van der Waals surface area contributed by atoms with Crippen LogP contribution in [-0.2, 0) is 9.53 Å². The van der Waals surface area contributed by atoms with Crippen molar-refractivity contribution in [1.82, 2.24) is 4.90 Å². The van der Waals surface area contributed by atoms with Crippen LogP contribution < -0.4 is 0 Å². The fourth-order valence-electron chi connectivity index (χ4n) is 2.94. The van der Waals surface area contributed by atoms with Crippen molar-refractivity contribution < 1.29 is 9.53 Å². The van der Waals surface area contributed by atoms with Crippen LogP contribution in [0.3, 0.4) is 0 Å². The first kappa shape index (κ1) is 16.0. The van der Waals surface area contributed by atoms with Gasteiger partial charge in [-0.15, -0.1) is 0 Å². The average Bonchev–Trinajstić information content (AvgIpc) is 2.89.